The van der Waals surface area contributed by atoms with E-state index in [2.05, 4.69) is 21.7 Å². The number of hydrogen-bond acceptors (Lipinski definition) is 5. The van der Waals surface area contributed by atoms with Gasteiger partial charge in [-0.15, -0.1) is 11.3 Å². The molecule has 2 aromatic rings. The van der Waals surface area contributed by atoms with Gasteiger partial charge >= 0.3 is 5.97 Å². The normalized spacial score (nSPS) is 20.5. The van der Waals surface area contributed by atoms with E-state index in [1.165, 1.54) is 23.3 Å². The maximum atomic E-state index is 11.3. The van der Waals surface area contributed by atoms with E-state index in [1.54, 1.807) is 22.7 Å². The van der Waals surface area contributed by atoms with E-state index < -0.39 is 11.9 Å². The smallest absolute Gasteiger partial charge is 0.312 e. The van der Waals surface area contributed by atoms with Gasteiger partial charge in [0.2, 0.25) is 0 Å². The monoisotopic (exact) mass is 320 g/mol. The fraction of sp³-hybridized carbons (Fsp3) is 0.467. The third kappa shape index (κ3) is 2.46. The van der Waals surface area contributed by atoms with Gasteiger partial charge in [0.25, 0.3) is 0 Å². The van der Waals surface area contributed by atoms with Gasteiger partial charge in [0.1, 0.15) is 5.92 Å². The van der Waals surface area contributed by atoms with Gasteiger partial charge in [0.15, 0.2) is 5.13 Å². The van der Waals surface area contributed by atoms with Gasteiger partial charge in [0, 0.05) is 17.5 Å². The van der Waals surface area contributed by atoms with Gasteiger partial charge in [-0.25, -0.2) is 4.98 Å². The number of thiophene rings is 1. The Morgan fingerprint density at radius 3 is 2.95 bits per heavy atom. The highest BCUT2D eigenvalue weighted by Gasteiger charge is 2.36. The first kappa shape index (κ1) is 13.3. The predicted octanol–water partition coefficient (Wildman–Crippen LogP) is 3.49. The first-order valence-electron chi connectivity index (χ1n) is 7.22. The summed E-state index contributed by atoms with van der Waals surface area (Å²) in [5, 5.41) is 14.6. The molecule has 1 atom stereocenters. The number of thiazole rings is 1. The molecule has 4 rings (SSSR count). The molecular formula is C15H16N2O2S2. The number of aryl methyl sites for hydroxylation is 1. The van der Waals surface area contributed by atoms with Crippen molar-refractivity contribution >= 4 is 33.8 Å². The van der Waals surface area contributed by atoms with Crippen molar-refractivity contribution in [3.05, 3.63) is 33.0 Å². The minimum atomic E-state index is -0.735. The van der Waals surface area contributed by atoms with Crippen LogP contribution in [0.5, 0.6) is 0 Å². The first-order valence-corrected chi connectivity index (χ1v) is 8.98. The molecule has 0 aromatic carbocycles. The molecule has 2 aliphatic rings. The van der Waals surface area contributed by atoms with Gasteiger partial charge < -0.3 is 10.0 Å². The topological polar surface area (TPSA) is 53.4 Å². The Bertz CT molecular complexity index is 661. The van der Waals surface area contributed by atoms with Crippen molar-refractivity contribution in [1.29, 1.82) is 0 Å². The third-order valence-corrected chi connectivity index (χ3v) is 6.07. The van der Waals surface area contributed by atoms with Crippen LogP contribution >= 0.6 is 22.7 Å². The number of nitrogens with zero attached hydrogens (tertiary/aromatic N) is 2. The van der Waals surface area contributed by atoms with Gasteiger partial charge in [-0.1, -0.05) is 0 Å². The lowest BCUT2D eigenvalue weighted by atomic mass is 10.1. The Morgan fingerprint density at radius 2 is 2.29 bits per heavy atom. The van der Waals surface area contributed by atoms with Crippen LogP contribution in [0.4, 0.5) is 5.13 Å². The molecule has 0 aliphatic heterocycles. The highest BCUT2D eigenvalue weighted by Crippen LogP contribution is 2.42. The average Bonchev–Trinajstić information content (AvgIpc) is 2.88. The summed E-state index contributed by atoms with van der Waals surface area (Å²) in [5.41, 5.74) is 2.13. The van der Waals surface area contributed by atoms with Crippen LogP contribution in [0.2, 0.25) is 0 Å². The quantitative estimate of drug-likeness (QED) is 0.916. The van der Waals surface area contributed by atoms with Crippen molar-refractivity contribution < 1.29 is 9.90 Å². The number of rotatable bonds is 5. The molecule has 6 heteroatoms. The minimum absolute atomic E-state index is 0.396. The summed E-state index contributed by atoms with van der Waals surface area (Å²) < 4.78 is 0. The number of anilines is 1. The summed E-state index contributed by atoms with van der Waals surface area (Å²) in [6, 6.07) is 2.74. The molecule has 21 heavy (non-hydrogen) atoms. The molecule has 2 aromatic heterocycles. The van der Waals surface area contributed by atoms with E-state index in [0.717, 1.165) is 23.8 Å². The zero-order valence-corrected chi connectivity index (χ0v) is 13.1. The van der Waals surface area contributed by atoms with Crippen molar-refractivity contribution in [2.24, 2.45) is 0 Å². The SMILES string of the molecule is O=C(O)C1CCc2sc(N(Cc3ccsc3)C3CC3)nc21. The van der Waals surface area contributed by atoms with Crippen LogP contribution in [0.3, 0.4) is 0 Å². The molecule has 110 valence electrons. The van der Waals surface area contributed by atoms with E-state index in [4.69, 9.17) is 4.98 Å². The molecule has 2 heterocycles. The largest absolute Gasteiger partial charge is 0.481 e. The second kappa shape index (κ2) is 5.10. The van der Waals surface area contributed by atoms with Gasteiger partial charge in [0.05, 0.1) is 5.69 Å². The van der Waals surface area contributed by atoms with E-state index >= 15 is 0 Å². The Morgan fingerprint density at radius 1 is 1.43 bits per heavy atom. The Hall–Kier alpha value is -1.40. The number of carbonyl (C=O) groups is 1. The van der Waals surface area contributed by atoms with Crippen molar-refractivity contribution in [2.45, 2.75) is 44.2 Å². The van der Waals surface area contributed by atoms with E-state index in [-0.39, 0.29) is 0 Å². The lowest BCUT2D eigenvalue weighted by molar-refractivity contribution is -0.138. The lowest BCUT2D eigenvalue weighted by Crippen LogP contribution is -2.24. The van der Waals surface area contributed by atoms with E-state index in [1.807, 2.05) is 0 Å². The molecule has 1 fully saturated rings. The number of fused-ring (bicyclic) bond motifs is 1. The van der Waals surface area contributed by atoms with Gasteiger partial charge in [-0.05, 0) is 48.1 Å². The summed E-state index contributed by atoms with van der Waals surface area (Å²) >= 11 is 3.41. The fourth-order valence-corrected chi connectivity index (χ4v) is 4.76. The second-order valence-electron chi connectivity index (χ2n) is 5.73. The van der Waals surface area contributed by atoms with Crippen molar-refractivity contribution in [3.63, 3.8) is 0 Å². The minimum Gasteiger partial charge on any atom is -0.481 e. The Balaban J connectivity index is 1.62. The van der Waals surface area contributed by atoms with Crippen molar-refractivity contribution in [1.82, 2.24) is 4.98 Å². The first-order chi connectivity index (χ1) is 10.2. The molecule has 0 saturated heterocycles. The lowest BCUT2D eigenvalue weighted by Gasteiger charge is -2.21. The molecule has 0 spiro atoms. The average molecular weight is 320 g/mol. The summed E-state index contributed by atoms with van der Waals surface area (Å²) in [4.78, 5) is 19.5. The van der Waals surface area contributed by atoms with Crippen LogP contribution in [0.25, 0.3) is 0 Å². The molecule has 0 bridgehead atoms. The molecule has 1 unspecified atom stereocenters. The van der Waals surface area contributed by atoms with Crippen LogP contribution in [-0.4, -0.2) is 22.1 Å². The maximum Gasteiger partial charge on any atom is 0.312 e. The summed E-state index contributed by atoms with van der Waals surface area (Å²) in [5.74, 6) is -1.13. The van der Waals surface area contributed by atoms with E-state index in [9.17, 15) is 9.90 Å². The van der Waals surface area contributed by atoms with E-state index in [0.29, 0.717) is 12.5 Å². The molecule has 4 nitrogen and oxygen atoms in total. The summed E-state index contributed by atoms with van der Waals surface area (Å²) in [7, 11) is 0. The summed E-state index contributed by atoms with van der Waals surface area (Å²) in [6.45, 7) is 0.887. The molecule has 0 radical (unpaired) electrons. The Labute approximate surface area is 131 Å². The summed E-state index contributed by atoms with van der Waals surface area (Å²) in [6.07, 6.45) is 4.01. The van der Waals surface area contributed by atoms with Gasteiger partial charge in [-0.3, -0.25) is 4.79 Å². The van der Waals surface area contributed by atoms with Crippen LogP contribution < -0.4 is 4.90 Å². The van der Waals surface area contributed by atoms with Crippen molar-refractivity contribution in [2.75, 3.05) is 4.90 Å². The molecule has 1 N–H and O–H groups in total. The fourth-order valence-electron chi connectivity index (χ4n) is 2.90. The number of aromatic nitrogens is 1. The number of carboxylic acid groups (broad SMARTS) is 1. The highest BCUT2D eigenvalue weighted by molar-refractivity contribution is 7.15. The number of hydrogen-bond donors (Lipinski definition) is 1. The van der Waals surface area contributed by atoms with Crippen LogP contribution in [0.1, 0.15) is 41.3 Å². The number of aliphatic carboxylic acids is 1. The second-order valence-corrected chi connectivity index (χ2v) is 7.57. The molecule has 1 saturated carbocycles. The standard InChI is InChI=1S/C15H16N2O2S2/c18-14(19)11-3-4-12-13(11)16-15(21-12)17(10-1-2-10)7-9-5-6-20-8-9/h5-6,8,10-11H,1-4,7H2,(H,18,19). The zero-order chi connectivity index (χ0) is 14.4. The van der Waals surface area contributed by atoms with Crippen molar-refractivity contribution in [3.8, 4) is 0 Å². The predicted molar refractivity (Wildman–Crippen MR) is 84.3 cm³/mol. The number of carboxylic acids is 1. The maximum absolute atomic E-state index is 11.3. The highest BCUT2D eigenvalue weighted by atomic mass is 32.1. The zero-order valence-electron chi connectivity index (χ0n) is 11.5. The van der Waals surface area contributed by atoms with Crippen LogP contribution in [-0.2, 0) is 17.8 Å². The van der Waals surface area contributed by atoms with Crippen LogP contribution in [0, 0.1) is 0 Å². The Kier molecular flexibility index (Phi) is 3.23. The van der Waals surface area contributed by atoms with Gasteiger partial charge in [-0.2, -0.15) is 11.3 Å². The molecule has 0 amide bonds. The molecular weight excluding hydrogens is 304 g/mol. The van der Waals surface area contributed by atoms with Crippen LogP contribution in [0.15, 0.2) is 16.8 Å². The third-order valence-electron chi connectivity index (χ3n) is 4.17. The molecule has 2 aliphatic carbocycles.